The Morgan fingerprint density at radius 3 is 2.38 bits per heavy atom. The highest BCUT2D eigenvalue weighted by atomic mass is 16.6. The highest BCUT2D eigenvalue weighted by molar-refractivity contribution is 4.66. The van der Waals surface area contributed by atoms with Crippen LogP contribution in [0.5, 0.6) is 0 Å². The van der Waals surface area contributed by atoms with E-state index in [2.05, 4.69) is 12.2 Å². The molecule has 0 aromatic carbocycles. The van der Waals surface area contributed by atoms with Crippen LogP contribution in [0.2, 0.25) is 0 Å². The minimum Gasteiger partial charge on any atom is -0.379 e. The Morgan fingerprint density at radius 2 is 1.94 bits per heavy atom. The van der Waals surface area contributed by atoms with Gasteiger partial charge in [-0.15, -0.1) is 0 Å². The van der Waals surface area contributed by atoms with Gasteiger partial charge in [0, 0.05) is 32.8 Å². The molecule has 1 saturated heterocycles. The molecule has 1 aliphatic heterocycles. The third-order valence-corrected chi connectivity index (χ3v) is 1.99. The summed E-state index contributed by atoms with van der Waals surface area (Å²) in [6, 6.07) is 0. The maximum atomic E-state index is 5.27. The maximum absolute atomic E-state index is 5.27. The summed E-state index contributed by atoms with van der Waals surface area (Å²) in [6.07, 6.45) is 2.82. The maximum Gasteiger partial charge on any atom is 0.104 e. The van der Waals surface area contributed by atoms with Crippen LogP contribution in [0.25, 0.3) is 0 Å². The molecule has 5 N–H and O–H groups in total. The van der Waals surface area contributed by atoms with E-state index in [1.165, 1.54) is 12.8 Å². The van der Waals surface area contributed by atoms with Crippen LogP contribution in [-0.2, 0) is 9.47 Å². The van der Waals surface area contributed by atoms with Crippen molar-refractivity contribution in [3.8, 4) is 0 Å². The van der Waals surface area contributed by atoms with E-state index >= 15 is 0 Å². The molecular formula is C11H27N3O2. The monoisotopic (exact) mass is 233 g/mol. The molecule has 1 heterocycles. The Morgan fingerprint density at radius 1 is 1.31 bits per heavy atom. The number of hydrogen-bond donors (Lipinski definition) is 3. The Kier molecular flexibility index (Phi) is 12.7. The van der Waals surface area contributed by atoms with Crippen molar-refractivity contribution in [2.24, 2.45) is 11.5 Å². The quantitative estimate of drug-likeness (QED) is 0.376. The highest BCUT2D eigenvalue weighted by Gasteiger charge is 2.21. The topological polar surface area (TPSA) is 85.8 Å². The lowest BCUT2D eigenvalue weighted by Crippen LogP contribution is -2.27. The predicted octanol–water partition coefficient (Wildman–Crippen LogP) is -0.305. The van der Waals surface area contributed by atoms with Gasteiger partial charge in [0.25, 0.3) is 0 Å². The average molecular weight is 233 g/mol. The highest BCUT2D eigenvalue weighted by Crippen LogP contribution is 2.08. The van der Waals surface area contributed by atoms with Gasteiger partial charge in [-0.1, -0.05) is 13.3 Å². The summed E-state index contributed by atoms with van der Waals surface area (Å²) >= 11 is 0. The number of nitrogens with two attached hydrogens (primary N) is 2. The van der Waals surface area contributed by atoms with Gasteiger partial charge in [-0.3, -0.25) is 0 Å². The van der Waals surface area contributed by atoms with Gasteiger partial charge >= 0.3 is 0 Å². The van der Waals surface area contributed by atoms with Crippen LogP contribution in [0.3, 0.4) is 0 Å². The molecule has 98 valence electrons. The first-order valence-corrected chi connectivity index (χ1v) is 6.15. The van der Waals surface area contributed by atoms with Crippen molar-refractivity contribution in [1.82, 2.24) is 5.32 Å². The number of epoxide rings is 1. The summed E-state index contributed by atoms with van der Waals surface area (Å²) in [4.78, 5) is 0. The minimum absolute atomic E-state index is 0.432. The third-order valence-electron chi connectivity index (χ3n) is 1.99. The number of ether oxygens (including phenoxy) is 2. The van der Waals surface area contributed by atoms with Crippen molar-refractivity contribution in [2.75, 3.05) is 46.0 Å². The van der Waals surface area contributed by atoms with E-state index in [1.54, 1.807) is 0 Å². The largest absolute Gasteiger partial charge is 0.379 e. The van der Waals surface area contributed by atoms with Crippen molar-refractivity contribution in [1.29, 1.82) is 0 Å². The molecule has 16 heavy (non-hydrogen) atoms. The van der Waals surface area contributed by atoms with Gasteiger partial charge in [-0.2, -0.15) is 0 Å². The average Bonchev–Trinajstić information content (AvgIpc) is 3.10. The molecule has 1 fully saturated rings. The standard InChI is InChI=1S/C7H14O2.C4H13N3/c1-2-3-4-8-5-7-6-9-7;5-1-3-7-4-2-6/h7H,2-6H2,1H3;7H,1-6H2. The second-order valence-corrected chi connectivity index (χ2v) is 3.71. The third kappa shape index (κ3) is 13.8. The predicted molar refractivity (Wildman–Crippen MR) is 66.4 cm³/mol. The molecule has 0 bridgehead atoms. The fraction of sp³-hybridized carbons (Fsp3) is 1.00. The molecule has 0 aromatic rings. The Labute approximate surface area is 98.8 Å². The summed E-state index contributed by atoms with van der Waals surface area (Å²) in [6.45, 7) is 7.91. The van der Waals surface area contributed by atoms with E-state index in [4.69, 9.17) is 20.9 Å². The zero-order chi connectivity index (χ0) is 12.1. The van der Waals surface area contributed by atoms with Gasteiger partial charge in [-0.05, 0) is 6.42 Å². The van der Waals surface area contributed by atoms with Crippen LogP contribution >= 0.6 is 0 Å². The van der Waals surface area contributed by atoms with Gasteiger partial charge in [0.2, 0.25) is 0 Å². The smallest absolute Gasteiger partial charge is 0.104 e. The lowest BCUT2D eigenvalue weighted by molar-refractivity contribution is 0.114. The molecule has 0 aliphatic carbocycles. The van der Waals surface area contributed by atoms with Crippen LogP contribution in [0.15, 0.2) is 0 Å². The van der Waals surface area contributed by atoms with Crippen molar-refractivity contribution in [3.05, 3.63) is 0 Å². The fourth-order valence-corrected chi connectivity index (χ4v) is 0.955. The van der Waals surface area contributed by atoms with E-state index in [0.717, 1.165) is 32.9 Å². The minimum atomic E-state index is 0.432. The van der Waals surface area contributed by atoms with Crippen LogP contribution in [0.4, 0.5) is 0 Å². The van der Waals surface area contributed by atoms with Crippen molar-refractivity contribution >= 4 is 0 Å². The lowest BCUT2D eigenvalue weighted by Gasteiger charge is -1.97. The second kappa shape index (κ2) is 12.9. The molecule has 1 aliphatic rings. The Balaban J connectivity index is 0.000000293. The van der Waals surface area contributed by atoms with E-state index < -0.39 is 0 Å². The molecule has 0 spiro atoms. The van der Waals surface area contributed by atoms with Gasteiger partial charge in [0.15, 0.2) is 0 Å². The first kappa shape index (κ1) is 15.8. The normalized spacial score (nSPS) is 17.8. The number of rotatable bonds is 9. The Bertz CT molecular complexity index is 128. The zero-order valence-corrected chi connectivity index (χ0v) is 10.4. The molecule has 1 rings (SSSR count). The Hall–Kier alpha value is -0.200. The molecule has 0 amide bonds. The van der Waals surface area contributed by atoms with Gasteiger partial charge in [0.1, 0.15) is 6.10 Å². The molecular weight excluding hydrogens is 206 g/mol. The fourth-order valence-electron chi connectivity index (χ4n) is 0.955. The van der Waals surface area contributed by atoms with E-state index in [-0.39, 0.29) is 0 Å². The first-order valence-electron chi connectivity index (χ1n) is 6.15. The number of nitrogens with one attached hydrogen (secondary N) is 1. The van der Waals surface area contributed by atoms with Crippen molar-refractivity contribution < 1.29 is 9.47 Å². The van der Waals surface area contributed by atoms with Crippen LogP contribution < -0.4 is 16.8 Å². The molecule has 0 saturated carbocycles. The molecule has 0 radical (unpaired) electrons. The first-order chi connectivity index (χ1) is 7.85. The number of hydrogen-bond acceptors (Lipinski definition) is 5. The van der Waals surface area contributed by atoms with Gasteiger partial charge < -0.3 is 26.3 Å². The molecule has 0 aromatic heterocycles. The SMILES string of the molecule is CCCCOCC1CO1.NCCNCCN. The second-order valence-electron chi connectivity index (χ2n) is 3.71. The summed E-state index contributed by atoms with van der Waals surface area (Å²) in [5, 5.41) is 3.03. The molecule has 5 nitrogen and oxygen atoms in total. The van der Waals surface area contributed by atoms with E-state index in [0.29, 0.717) is 19.2 Å². The molecule has 5 heteroatoms. The summed E-state index contributed by atoms with van der Waals surface area (Å²) in [7, 11) is 0. The zero-order valence-electron chi connectivity index (χ0n) is 10.4. The molecule has 1 atom stereocenters. The van der Waals surface area contributed by atoms with Crippen LogP contribution in [-0.4, -0.2) is 52.1 Å². The van der Waals surface area contributed by atoms with Gasteiger partial charge in [0.05, 0.1) is 13.2 Å². The van der Waals surface area contributed by atoms with E-state index in [9.17, 15) is 0 Å². The summed E-state index contributed by atoms with van der Waals surface area (Å²) < 4.78 is 10.2. The number of unbranched alkanes of at least 4 members (excludes halogenated alkanes) is 1. The summed E-state index contributed by atoms with van der Waals surface area (Å²) in [5.41, 5.74) is 10.3. The van der Waals surface area contributed by atoms with Crippen LogP contribution in [0.1, 0.15) is 19.8 Å². The van der Waals surface area contributed by atoms with Crippen molar-refractivity contribution in [3.63, 3.8) is 0 Å². The van der Waals surface area contributed by atoms with Gasteiger partial charge in [-0.25, -0.2) is 0 Å². The summed E-state index contributed by atoms with van der Waals surface area (Å²) in [5.74, 6) is 0. The molecule has 1 unspecified atom stereocenters. The van der Waals surface area contributed by atoms with E-state index in [1.807, 2.05) is 0 Å². The van der Waals surface area contributed by atoms with Crippen molar-refractivity contribution in [2.45, 2.75) is 25.9 Å². The lowest BCUT2D eigenvalue weighted by atomic mass is 10.4. The van der Waals surface area contributed by atoms with Crippen LogP contribution in [0, 0.1) is 0 Å².